The molecule has 1 N–H and O–H groups in total. The Kier molecular flexibility index (Phi) is 3.82. The van der Waals surface area contributed by atoms with Crippen molar-refractivity contribution in [2.24, 2.45) is 5.92 Å². The molecule has 5 heteroatoms. The number of nitrogens with one attached hydrogen (secondary N) is 1. The van der Waals surface area contributed by atoms with Gasteiger partial charge in [0.25, 0.3) is 0 Å². The number of ether oxygens (including phenoxy) is 1. The van der Waals surface area contributed by atoms with Gasteiger partial charge >= 0.3 is 5.97 Å². The summed E-state index contributed by atoms with van der Waals surface area (Å²) < 4.78 is 4.74. The maximum atomic E-state index is 11.7. The molecule has 1 aliphatic heterocycles. The van der Waals surface area contributed by atoms with Crippen LogP contribution in [0.15, 0.2) is 0 Å². The van der Waals surface area contributed by atoms with Crippen LogP contribution in [0.25, 0.3) is 0 Å². The Morgan fingerprint density at radius 2 is 2.27 bits per heavy atom. The average Bonchev–Trinajstić information content (AvgIpc) is 2.63. The highest BCUT2D eigenvalue weighted by Gasteiger charge is 2.33. The molecule has 0 bridgehead atoms. The van der Waals surface area contributed by atoms with Crippen molar-refractivity contribution in [2.45, 2.75) is 32.7 Å². The lowest BCUT2D eigenvalue weighted by Gasteiger charge is -2.13. The van der Waals surface area contributed by atoms with E-state index < -0.39 is 17.9 Å². The molecule has 1 fully saturated rings. The Labute approximate surface area is 88.2 Å². The third-order valence-corrected chi connectivity index (χ3v) is 2.41. The van der Waals surface area contributed by atoms with Crippen LogP contribution in [0.2, 0.25) is 0 Å². The molecule has 1 saturated heterocycles. The summed E-state index contributed by atoms with van der Waals surface area (Å²) in [7, 11) is 0. The largest absolute Gasteiger partial charge is 0.465 e. The zero-order valence-corrected chi connectivity index (χ0v) is 8.91. The lowest BCUT2D eigenvalue weighted by Crippen LogP contribution is -2.39. The fourth-order valence-electron chi connectivity index (χ4n) is 1.51. The fourth-order valence-corrected chi connectivity index (χ4v) is 1.51. The smallest absolute Gasteiger partial charge is 0.316 e. The SMILES string of the molecule is CCOC(=O)C(C)C(=O)[C@@H]1CCC(=O)N1. The Hall–Kier alpha value is -1.39. The maximum Gasteiger partial charge on any atom is 0.316 e. The van der Waals surface area contributed by atoms with Gasteiger partial charge in [-0.1, -0.05) is 0 Å². The molecule has 0 radical (unpaired) electrons. The standard InChI is InChI=1S/C10H15NO4/c1-3-15-10(14)6(2)9(13)7-4-5-8(12)11-7/h6-7H,3-5H2,1-2H3,(H,11,12)/t6?,7-/m0/s1. The van der Waals surface area contributed by atoms with Crippen molar-refractivity contribution in [3.8, 4) is 0 Å². The van der Waals surface area contributed by atoms with E-state index in [2.05, 4.69) is 5.32 Å². The first-order valence-electron chi connectivity index (χ1n) is 5.06. The van der Waals surface area contributed by atoms with E-state index in [1.54, 1.807) is 6.92 Å². The van der Waals surface area contributed by atoms with Gasteiger partial charge in [-0.25, -0.2) is 0 Å². The van der Waals surface area contributed by atoms with Gasteiger partial charge in [-0.2, -0.15) is 0 Å². The van der Waals surface area contributed by atoms with E-state index in [0.29, 0.717) is 12.8 Å². The summed E-state index contributed by atoms with van der Waals surface area (Å²) in [6.07, 6.45) is 0.827. The summed E-state index contributed by atoms with van der Waals surface area (Å²) in [4.78, 5) is 33.9. The van der Waals surface area contributed by atoms with Crippen molar-refractivity contribution >= 4 is 17.7 Å². The number of carbonyl (C=O) groups is 3. The summed E-state index contributed by atoms with van der Waals surface area (Å²) >= 11 is 0. The summed E-state index contributed by atoms with van der Waals surface area (Å²) in [5.74, 6) is -1.72. The Bertz CT molecular complexity index is 287. The third-order valence-electron chi connectivity index (χ3n) is 2.41. The number of carbonyl (C=O) groups excluding carboxylic acids is 3. The van der Waals surface area contributed by atoms with Crippen LogP contribution in [0, 0.1) is 5.92 Å². The van der Waals surface area contributed by atoms with Gasteiger partial charge in [-0.05, 0) is 20.3 Å². The average molecular weight is 213 g/mol. The quantitative estimate of drug-likeness (QED) is 0.528. The first kappa shape index (κ1) is 11.7. The van der Waals surface area contributed by atoms with Crippen LogP contribution >= 0.6 is 0 Å². The summed E-state index contributed by atoms with van der Waals surface area (Å²) in [6, 6.07) is -0.517. The molecule has 0 aliphatic carbocycles. The van der Waals surface area contributed by atoms with E-state index in [1.165, 1.54) is 6.92 Å². The van der Waals surface area contributed by atoms with E-state index in [1.807, 2.05) is 0 Å². The molecule has 0 saturated carbocycles. The van der Waals surface area contributed by atoms with Crippen molar-refractivity contribution < 1.29 is 19.1 Å². The van der Waals surface area contributed by atoms with Gasteiger partial charge < -0.3 is 10.1 Å². The van der Waals surface area contributed by atoms with Crippen molar-refractivity contribution in [2.75, 3.05) is 6.61 Å². The van der Waals surface area contributed by atoms with Crippen LogP contribution in [0.3, 0.4) is 0 Å². The molecule has 15 heavy (non-hydrogen) atoms. The summed E-state index contributed by atoms with van der Waals surface area (Å²) in [5.41, 5.74) is 0. The lowest BCUT2D eigenvalue weighted by atomic mass is 9.99. The molecule has 1 amide bonds. The van der Waals surface area contributed by atoms with Crippen molar-refractivity contribution in [1.29, 1.82) is 0 Å². The van der Waals surface area contributed by atoms with E-state index in [-0.39, 0.29) is 18.3 Å². The van der Waals surface area contributed by atoms with E-state index in [4.69, 9.17) is 4.74 Å². The summed E-state index contributed by atoms with van der Waals surface area (Å²) in [6.45, 7) is 3.45. The third kappa shape index (κ3) is 2.78. The number of Topliss-reactive ketones (excluding diaryl/α,β-unsaturated/α-hetero) is 1. The normalized spacial score (nSPS) is 22.0. The van der Waals surface area contributed by atoms with Crippen LogP contribution in [-0.4, -0.2) is 30.3 Å². The number of hydrogen-bond acceptors (Lipinski definition) is 4. The van der Waals surface area contributed by atoms with Crippen LogP contribution < -0.4 is 5.32 Å². The molecule has 0 spiro atoms. The predicted molar refractivity (Wildman–Crippen MR) is 52.0 cm³/mol. The van der Waals surface area contributed by atoms with Gasteiger partial charge in [0.2, 0.25) is 5.91 Å². The van der Waals surface area contributed by atoms with Crippen LogP contribution in [0.1, 0.15) is 26.7 Å². The topological polar surface area (TPSA) is 72.5 Å². The molecule has 0 aromatic carbocycles. The van der Waals surface area contributed by atoms with Crippen LogP contribution in [0.4, 0.5) is 0 Å². The molecule has 0 aromatic rings. The lowest BCUT2D eigenvalue weighted by molar-refractivity contribution is -0.151. The van der Waals surface area contributed by atoms with Gasteiger partial charge in [0.1, 0.15) is 5.92 Å². The van der Waals surface area contributed by atoms with E-state index >= 15 is 0 Å². The number of ketones is 1. The van der Waals surface area contributed by atoms with Crippen LogP contribution in [-0.2, 0) is 19.1 Å². The van der Waals surface area contributed by atoms with Gasteiger partial charge in [0.15, 0.2) is 5.78 Å². The minimum Gasteiger partial charge on any atom is -0.465 e. The number of rotatable bonds is 4. The minimum absolute atomic E-state index is 0.135. The zero-order chi connectivity index (χ0) is 11.4. The molecular formula is C10H15NO4. The molecule has 1 aliphatic rings. The number of esters is 1. The fraction of sp³-hybridized carbons (Fsp3) is 0.700. The van der Waals surface area contributed by atoms with E-state index in [9.17, 15) is 14.4 Å². The molecule has 1 heterocycles. The van der Waals surface area contributed by atoms with Crippen molar-refractivity contribution in [3.63, 3.8) is 0 Å². The van der Waals surface area contributed by atoms with Gasteiger partial charge in [0, 0.05) is 6.42 Å². The molecule has 0 aromatic heterocycles. The zero-order valence-electron chi connectivity index (χ0n) is 8.91. The van der Waals surface area contributed by atoms with Gasteiger partial charge in [-0.15, -0.1) is 0 Å². The highest BCUT2D eigenvalue weighted by molar-refractivity contribution is 6.03. The van der Waals surface area contributed by atoms with Crippen molar-refractivity contribution in [1.82, 2.24) is 5.32 Å². The van der Waals surface area contributed by atoms with E-state index in [0.717, 1.165) is 0 Å². The second kappa shape index (κ2) is 4.91. The molecule has 2 atom stereocenters. The van der Waals surface area contributed by atoms with Gasteiger partial charge in [-0.3, -0.25) is 14.4 Å². The van der Waals surface area contributed by atoms with Crippen molar-refractivity contribution in [3.05, 3.63) is 0 Å². The minimum atomic E-state index is -0.798. The predicted octanol–water partition coefficient (Wildman–Crippen LogP) is 0.0333. The number of hydrogen-bond donors (Lipinski definition) is 1. The second-order valence-electron chi connectivity index (χ2n) is 3.53. The highest BCUT2D eigenvalue weighted by Crippen LogP contribution is 2.13. The number of amides is 1. The highest BCUT2D eigenvalue weighted by atomic mass is 16.5. The van der Waals surface area contributed by atoms with Crippen LogP contribution in [0.5, 0.6) is 0 Å². The first-order chi connectivity index (χ1) is 7.06. The maximum absolute atomic E-state index is 11.7. The van der Waals surface area contributed by atoms with Gasteiger partial charge in [0.05, 0.1) is 12.6 Å². The molecule has 1 rings (SSSR count). The molecule has 5 nitrogen and oxygen atoms in total. The Morgan fingerprint density at radius 3 is 2.73 bits per heavy atom. The molecule has 1 unspecified atom stereocenters. The monoisotopic (exact) mass is 213 g/mol. The molecule has 84 valence electrons. The summed E-state index contributed by atoms with van der Waals surface area (Å²) in [5, 5.41) is 2.54. The Morgan fingerprint density at radius 1 is 1.60 bits per heavy atom. The Balaban J connectivity index is 2.52. The second-order valence-corrected chi connectivity index (χ2v) is 3.53. The first-order valence-corrected chi connectivity index (χ1v) is 5.06. The molecular weight excluding hydrogens is 198 g/mol.